The molecule has 1 fully saturated rings. The van der Waals surface area contributed by atoms with Crippen molar-refractivity contribution in [1.29, 1.82) is 0 Å². The van der Waals surface area contributed by atoms with Gasteiger partial charge in [-0.3, -0.25) is 0 Å². The van der Waals surface area contributed by atoms with E-state index in [1.54, 1.807) is 6.92 Å². The first kappa shape index (κ1) is 19.4. The number of rotatable bonds is 2. The molecule has 0 atom stereocenters. The first-order valence-corrected chi connectivity index (χ1v) is 4.22. The molecule has 0 N–H and O–H groups in total. The maximum Gasteiger partial charge on any atom is 2.00 e. The first-order valence-electron chi connectivity index (χ1n) is 4.22. The van der Waals surface area contributed by atoms with Gasteiger partial charge in [-0.05, 0) is 6.92 Å². The normalized spacial score (nSPS) is 13.6. The third-order valence-electron chi connectivity index (χ3n) is 1.52. The molecule has 0 radical (unpaired) electrons. The van der Waals surface area contributed by atoms with E-state index in [1.807, 2.05) is 0 Å². The maximum atomic E-state index is 9.06. The SMILES string of the molecule is CCO[C-]=O.I.[CH-]1CCCCC1.[Zn+2]. The van der Waals surface area contributed by atoms with E-state index in [-0.39, 0.29) is 43.5 Å². The van der Waals surface area contributed by atoms with Crippen LogP contribution in [0.4, 0.5) is 0 Å². The summed E-state index contributed by atoms with van der Waals surface area (Å²) in [6.07, 6.45) is 9.50. The van der Waals surface area contributed by atoms with Crippen LogP contribution in [0.25, 0.3) is 0 Å². The quantitative estimate of drug-likeness (QED) is 0.435. The van der Waals surface area contributed by atoms with Crippen molar-refractivity contribution in [3.8, 4) is 0 Å². The van der Waals surface area contributed by atoms with Crippen LogP contribution in [0.5, 0.6) is 0 Å². The van der Waals surface area contributed by atoms with Gasteiger partial charge in [-0.2, -0.15) is 12.8 Å². The third kappa shape index (κ3) is 19.3. The van der Waals surface area contributed by atoms with Crippen LogP contribution in [0.15, 0.2) is 0 Å². The smallest absolute Gasteiger partial charge is 0.653 e. The Labute approximate surface area is 111 Å². The molecule has 4 heteroatoms. The van der Waals surface area contributed by atoms with E-state index in [9.17, 15) is 0 Å². The Morgan fingerprint density at radius 1 is 1.31 bits per heavy atom. The zero-order valence-electron chi connectivity index (χ0n) is 8.25. The summed E-state index contributed by atoms with van der Waals surface area (Å²) in [5.74, 6) is 0. The molecule has 0 aromatic carbocycles. The van der Waals surface area contributed by atoms with Crippen LogP contribution in [0, 0.1) is 6.42 Å². The Kier molecular flexibility index (Phi) is 27.7. The van der Waals surface area contributed by atoms with Crippen molar-refractivity contribution in [1.82, 2.24) is 0 Å². The standard InChI is InChI=1S/C6H11.C3H5O2.HI.Zn/c1-2-4-6-5-3-1;1-2-5-3-4;;/h1H,2-6H2;2H2,1H3;1H;/q2*-1;;+2. The number of carbonyl (C=O) groups excluding carboxylic acids is 1. The van der Waals surface area contributed by atoms with Gasteiger partial charge in [-0.1, -0.05) is 25.7 Å². The van der Waals surface area contributed by atoms with Crippen LogP contribution in [0.3, 0.4) is 0 Å². The van der Waals surface area contributed by atoms with Crippen molar-refractivity contribution in [2.24, 2.45) is 0 Å². The Bertz CT molecular complexity index is 76.2. The Hall–Kier alpha value is 0.823. The first-order chi connectivity index (χ1) is 5.41. The van der Waals surface area contributed by atoms with Crippen molar-refractivity contribution in [3.63, 3.8) is 0 Å². The van der Waals surface area contributed by atoms with Gasteiger partial charge in [0.1, 0.15) is 0 Å². The third-order valence-corrected chi connectivity index (χ3v) is 1.52. The molecule has 1 aliphatic carbocycles. The van der Waals surface area contributed by atoms with Gasteiger partial charge in [0.05, 0.1) is 0 Å². The monoisotopic (exact) mass is 348 g/mol. The number of hydrogen-bond donors (Lipinski definition) is 0. The molecule has 0 heterocycles. The molecule has 0 aromatic rings. The summed E-state index contributed by atoms with van der Waals surface area (Å²) in [6, 6.07) is 0. The van der Waals surface area contributed by atoms with Crippen molar-refractivity contribution < 1.29 is 29.0 Å². The van der Waals surface area contributed by atoms with Crippen LogP contribution >= 0.6 is 24.0 Å². The van der Waals surface area contributed by atoms with Crippen molar-refractivity contribution in [2.45, 2.75) is 39.0 Å². The number of halogens is 1. The van der Waals surface area contributed by atoms with Gasteiger partial charge in [-0.25, -0.2) is 0 Å². The van der Waals surface area contributed by atoms with Crippen LogP contribution in [-0.4, -0.2) is 13.1 Å². The molecule has 1 aliphatic rings. The molecule has 0 saturated heterocycles. The van der Waals surface area contributed by atoms with E-state index in [4.69, 9.17) is 4.79 Å². The summed E-state index contributed by atoms with van der Waals surface area (Å²) in [5.41, 5.74) is 0. The Morgan fingerprint density at radius 2 is 1.85 bits per heavy atom. The molecule has 0 bridgehead atoms. The fourth-order valence-electron chi connectivity index (χ4n) is 0.957. The minimum absolute atomic E-state index is 0. The van der Waals surface area contributed by atoms with E-state index in [1.165, 1.54) is 38.6 Å². The average molecular weight is 350 g/mol. The summed E-state index contributed by atoms with van der Waals surface area (Å²) in [7, 11) is 0. The zero-order valence-corrected chi connectivity index (χ0v) is 13.5. The second-order valence-electron chi connectivity index (χ2n) is 2.44. The molecule has 74 valence electrons. The van der Waals surface area contributed by atoms with E-state index >= 15 is 0 Å². The largest absolute Gasteiger partial charge is 2.00 e. The van der Waals surface area contributed by atoms with Gasteiger partial charge in [0.25, 0.3) is 0 Å². The van der Waals surface area contributed by atoms with Crippen molar-refractivity contribution >= 4 is 30.4 Å². The summed E-state index contributed by atoms with van der Waals surface area (Å²) >= 11 is 0. The Morgan fingerprint density at radius 3 is 1.92 bits per heavy atom. The molecule has 0 unspecified atom stereocenters. The minimum Gasteiger partial charge on any atom is -0.653 e. The molecule has 13 heavy (non-hydrogen) atoms. The van der Waals surface area contributed by atoms with Gasteiger partial charge in [0.15, 0.2) is 0 Å². The van der Waals surface area contributed by atoms with Gasteiger partial charge >= 0.3 is 19.5 Å². The maximum absolute atomic E-state index is 9.06. The Balaban J connectivity index is -0.000000136. The van der Waals surface area contributed by atoms with E-state index in [0.29, 0.717) is 6.61 Å². The summed E-state index contributed by atoms with van der Waals surface area (Å²) in [5, 5.41) is 0. The van der Waals surface area contributed by atoms with Crippen LogP contribution < -0.4 is 0 Å². The average Bonchev–Trinajstić information content (AvgIpc) is 2.10. The molecule has 0 spiro atoms. The second-order valence-corrected chi connectivity index (χ2v) is 2.44. The predicted molar refractivity (Wildman–Crippen MR) is 60.1 cm³/mol. The van der Waals surface area contributed by atoms with E-state index in [0.717, 1.165) is 0 Å². The fourth-order valence-corrected chi connectivity index (χ4v) is 0.957. The summed E-state index contributed by atoms with van der Waals surface area (Å²) in [6.45, 7) is 3.41. The van der Waals surface area contributed by atoms with Crippen LogP contribution in [-0.2, 0) is 29.0 Å². The van der Waals surface area contributed by atoms with Crippen molar-refractivity contribution in [2.75, 3.05) is 6.61 Å². The van der Waals surface area contributed by atoms with Gasteiger partial charge in [-0.15, -0.1) is 24.0 Å². The topological polar surface area (TPSA) is 26.3 Å². The van der Waals surface area contributed by atoms with Gasteiger partial charge < -0.3 is 16.0 Å². The predicted octanol–water partition coefficient (Wildman–Crippen LogP) is 2.86. The van der Waals surface area contributed by atoms with Crippen molar-refractivity contribution in [3.05, 3.63) is 6.42 Å². The van der Waals surface area contributed by atoms with E-state index < -0.39 is 0 Å². The molecule has 2 nitrogen and oxygen atoms in total. The molecular formula is C9H17IO2Zn. The second kappa shape index (κ2) is 18.6. The number of hydrogen-bond acceptors (Lipinski definition) is 2. The van der Waals surface area contributed by atoms with E-state index in [2.05, 4.69) is 11.2 Å². The molecule has 0 aliphatic heterocycles. The fraction of sp³-hybridized carbons (Fsp3) is 0.778. The molecular weight excluding hydrogens is 332 g/mol. The molecule has 1 saturated carbocycles. The minimum atomic E-state index is 0. The van der Waals surface area contributed by atoms with Crippen LogP contribution in [0.1, 0.15) is 39.0 Å². The van der Waals surface area contributed by atoms with Crippen LogP contribution in [0.2, 0.25) is 0 Å². The zero-order chi connectivity index (χ0) is 8.36. The summed E-state index contributed by atoms with van der Waals surface area (Å²) in [4.78, 5) is 9.06. The number of ether oxygens (including phenoxy) is 1. The summed E-state index contributed by atoms with van der Waals surface area (Å²) < 4.78 is 4.03. The van der Waals surface area contributed by atoms with Gasteiger partial charge in [0, 0.05) is 6.61 Å². The molecule has 1 rings (SSSR count). The molecule has 0 aromatic heterocycles. The molecule has 0 amide bonds. The van der Waals surface area contributed by atoms with Gasteiger partial charge in [0.2, 0.25) is 0 Å².